The van der Waals surface area contributed by atoms with E-state index in [9.17, 15) is 13.2 Å². The minimum atomic E-state index is -3.78. The van der Waals surface area contributed by atoms with E-state index >= 15 is 0 Å². The Labute approximate surface area is 187 Å². The van der Waals surface area contributed by atoms with Gasteiger partial charge in [-0.1, -0.05) is 30.3 Å². The van der Waals surface area contributed by atoms with Crippen LogP contribution in [0.5, 0.6) is 0 Å². The Morgan fingerprint density at radius 1 is 1.10 bits per heavy atom. The summed E-state index contributed by atoms with van der Waals surface area (Å²) in [4.78, 5) is 13.1. The molecule has 3 aromatic heterocycles. The lowest BCUT2D eigenvalue weighted by Gasteiger charge is -2.19. The highest BCUT2D eigenvalue weighted by atomic mass is 79.9. The van der Waals surface area contributed by atoms with Crippen molar-refractivity contribution in [3.63, 3.8) is 0 Å². The van der Waals surface area contributed by atoms with Gasteiger partial charge in [-0.3, -0.25) is 9.48 Å². The van der Waals surface area contributed by atoms with E-state index in [0.717, 1.165) is 10.0 Å². The maximum atomic E-state index is 13.0. The predicted molar refractivity (Wildman–Crippen MR) is 118 cm³/mol. The molecule has 31 heavy (non-hydrogen) atoms. The summed E-state index contributed by atoms with van der Waals surface area (Å²) in [5.74, 6) is -0.355. The van der Waals surface area contributed by atoms with Crippen LogP contribution in [0.2, 0.25) is 0 Å². The van der Waals surface area contributed by atoms with Crippen LogP contribution in [-0.4, -0.2) is 40.3 Å². The maximum absolute atomic E-state index is 13.0. The number of amides is 1. The summed E-state index contributed by atoms with van der Waals surface area (Å²) in [6.07, 6.45) is 5.92. The second-order valence-corrected chi connectivity index (χ2v) is 9.56. The van der Waals surface area contributed by atoms with Crippen molar-refractivity contribution in [1.29, 1.82) is 0 Å². The summed E-state index contributed by atoms with van der Waals surface area (Å²) in [7, 11) is -2.14. The number of nitrogens with zero attached hydrogens (tertiary/aromatic N) is 4. The summed E-state index contributed by atoms with van der Waals surface area (Å²) in [6, 6.07) is 12.2. The standard InChI is InChI=1S/C20H19BrN6O3S/c1-26-13-16(9-22-26)31(29,30)24-11-18(14-5-3-2-4-6-14)25-20(28)17-10-23-27-12-15(21)7-8-19(17)27/h2-10,12-13,18,24H,11H2,1H3,(H,25,28). The number of carbonyl (C=O) groups is 1. The van der Waals surface area contributed by atoms with Crippen LogP contribution in [-0.2, 0) is 17.1 Å². The molecule has 3 heterocycles. The first kappa shape index (κ1) is 21.2. The van der Waals surface area contributed by atoms with Crippen molar-refractivity contribution in [1.82, 2.24) is 29.4 Å². The number of sulfonamides is 1. The lowest BCUT2D eigenvalue weighted by molar-refractivity contribution is 0.0938. The number of rotatable bonds is 7. The number of fused-ring (bicyclic) bond motifs is 1. The number of benzene rings is 1. The van der Waals surface area contributed by atoms with Crippen LogP contribution in [0.15, 0.2) is 76.6 Å². The predicted octanol–water partition coefficient (Wildman–Crippen LogP) is 2.28. The van der Waals surface area contributed by atoms with Crippen molar-refractivity contribution >= 4 is 37.4 Å². The Hall–Kier alpha value is -3.02. The number of nitrogens with one attached hydrogen (secondary N) is 2. The molecule has 0 bridgehead atoms. The molecule has 160 valence electrons. The summed E-state index contributed by atoms with van der Waals surface area (Å²) in [5.41, 5.74) is 1.80. The second-order valence-electron chi connectivity index (χ2n) is 6.87. The Balaban J connectivity index is 1.57. The molecule has 4 rings (SSSR count). The van der Waals surface area contributed by atoms with Gasteiger partial charge in [0.25, 0.3) is 5.91 Å². The van der Waals surface area contributed by atoms with Gasteiger partial charge in [0.15, 0.2) is 0 Å². The molecule has 11 heteroatoms. The molecular formula is C20H19BrN6O3S. The Morgan fingerprint density at radius 2 is 1.87 bits per heavy atom. The Kier molecular flexibility index (Phi) is 5.90. The van der Waals surface area contributed by atoms with E-state index in [2.05, 4.69) is 36.2 Å². The summed E-state index contributed by atoms with van der Waals surface area (Å²) in [5, 5.41) is 11.0. The lowest BCUT2D eigenvalue weighted by atomic mass is 10.1. The molecule has 9 nitrogen and oxygen atoms in total. The number of carbonyl (C=O) groups excluding carboxylic acids is 1. The zero-order valence-electron chi connectivity index (χ0n) is 16.4. The molecule has 0 aliphatic heterocycles. The monoisotopic (exact) mass is 502 g/mol. The normalized spacial score (nSPS) is 12.7. The molecule has 1 unspecified atom stereocenters. The van der Waals surface area contributed by atoms with Crippen LogP contribution < -0.4 is 10.0 Å². The molecule has 2 N–H and O–H groups in total. The van der Waals surface area contributed by atoms with E-state index < -0.39 is 16.1 Å². The van der Waals surface area contributed by atoms with E-state index in [1.54, 1.807) is 23.8 Å². The molecule has 0 fully saturated rings. The van der Waals surface area contributed by atoms with E-state index in [0.29, 0.717) is 11.1 Å². The first-order chi connectivity index (χ1) is 14.8. The molecule has 0 aliphatic carbocycles. The van der Waals surface area contributed by atoms with Crippen LogP contribution in [0.25, 0.3) is 5.52 Å². The largest absolute Gasteiger partial charge is 0.344 e. The molecule has 0 spiro atoms. The van der Waals surface area contributed by atoms with Crippen molar-refractivity contribution in [2.75, 3.05) is 6.54 Å². The third kappa shape index (κ3) is 4.68. The summed E-state index contributed by atoms with van der Waals surface area (Å²) >= 11 is 3.38. The molecule has 0 radical (unpaired) electrons. The average molecular weight is 503 g/mol. The van der Waals surface area contributed by atoms with E-state index in [4.69, 9.17) is 0 Å². The first-order valence-electron chi connectivity index (χ1n) is 9.30. The van der Waals surface area contributed by atoms with Crippen molar-refractivity contribution in [3.8, 4) is 0 Å². The molecule has 0 aliphatic rings. The van der Waals surface area contributed by atoms with Gasteiger partial charge < -0.3 is 5.32 Å². The minimum Gasteiger partial charge on any atom is -0.344 e. The van der Waals surface area contributed by atoms with Gasteiger partial charge in [0.2, 0.25) is 10.0 Å². The molecule has 1 atom stereocenters. The highest BCUT2D eigenvalue weighted by Gasteiger charge is 2.22. The van der Waals surface area contributed by atoms with E-state index in [-0.39, 0.29) is 17.3 Å². The van der Waals surface area contributed by atoms with Gasteiger partial charge in [-0.2, -0.15) is 10.2 Å². The van der Waals surface area contributed by atoms with Gasteiger partial charge in [0, 0.05) is 30.5 Å². The van der Waals surface area contributed by atoms with Crippen LogP contribution in [0.1, 0.15) is 22.0 Å². The van der Waals surface area contributed by atoms with Crippen molar-refractivity contribution in [2.24, 2.45) is 7.05 Å². The molecule has 0 saturated carbocycles. The van der Waals surface area contributed by atoms with Crippen molar-refractivity contribution < 1.29 is 13.2 Å². The zero-order chi connectivity index (χ0) is 22.0. The Morgan fingerprint density at radius 3 is 2.58 bits per heavy atom. The van der Waals surface area contributed by atoms with Crippen LogP contribution in [0, 0.1) is 0 Å². The number of hydrogen-bond acceptors (Lipinski definition) is 5. The summed E-state index contributed by atoms with van der Waals surface area (Å²) in [6.45, 7) is -0.0300. The molecule has 0 saturated heterocycles. The molecule has 1 amide bonds. The van der Waals surface area contributed by atoms with Gasteiger partial charge in [-0.15, -0.1) is 0 Å². The zero-order valence-corrected chi connectivity index (χ0v) is 18.8. The number of hydrogen-bond donors (Lipinski definition) is 2. The fraction of sp³-hybridized carbons (Fsp3) is 0.150. The smallest absolute Gasteiger partial charge is 0.255 e. The number of halogens is 1. The fourth-order valence-electron chi connectivity index (χ4n) is 3.12. The quantitative estimate of drug-likeness (QED) is 0.402. The van der Waals surface area contributed by atoms with Crippen molar-refractivity contribution in [3.05, 3.63) is 82.9 Å². The van der Waals surface area contributed by atoms with Crippen molar-refractivity contribution in [2.45, 2.75) is 10.9 Å². The number of pyridine rings is 1. The Bertz CT molecular complexity index is 1330. The van der Waals surface area contributed by atoms with Crippen LogP contribution >= 0.6 is 15.9 Å². The van der Waals surface area contributed by atoms with Gasteiger partial charge in [0.05, 0.1) is 29.5 Å². The van der Waals surface area contributed by atoms with Gasteiger partial charge >= 0.3 is 0 Å². The number of aromatic nitrogens is 4. The van der Waals surface area contributed by atoms with E-state index in [1.165, 1.54) is 23.3 Å². The van der Waals surface area contributed by atoms with Gasteiger partial charge in [-0.25, -0.2) is 17.7 Å². The highest BCUT2D eigenvalue weighted by molar-refractivity contribution is 9.10. The van der Waals surface area contributed by atoms with Gasteiger partial charge in [-0.05, 0) is 33.6 Å². The topological polar surface area (TPSA) is 110 Å². The second kappa shape index (κ2) is 8.61. The lowest BCUT2D eigenvalue weighted by Crippen LogP contribution is -2.37. The third-order valence-corrected chi connectivity index (χ3v) is 6.55. The first-order valence-corrected chi connectivity index (χ1v) is 11.6. The molecule has 4 aromatic rings. The highest BCUT2D eigenvalue weighted by Crippen LogP contribution is 2.18. The minimum absolute atomic E-state index is 0.0300. The average Bonchev–Trinajstić information content (AvgIpc) is 3.38. The van der Waals surface area contributed by atoms with Gasteiger partial charge in [0.1, 0.15) is 4.90 Å². The van der Waals surface area contributed by atoms with Crippen LogP contribution in [0.4, 0.5) is 0 Å². The van der Waals surface area contributed by atoms with E-state index in [1.807, 2.05) is 36.4 Å². The van der Waals surface area contributed by atoms with Crippen LogP contribution in [0.3, 0.4) is 0 Å². The summed E-state index contributed by atoms with van der Waals surface area (Å²) < 4.78 is 31.6. The fourth-order valence-corrected chi connectivity index (χ4v) is 4.48. The molecular weight excluding hydrogens is 484 g/mol. The maximum Gasteiger partial charge on any atom is 0.255 e. The SMILES string of the molecule is Cn1cc(S(=O)(=O)NCC(NC(=O)c2cnn3cc(Br)ccc23)c2ccccc2)cn1. The third-order valence-electron chi connectivity index (χ3n) is 4.70. The molecule has 1 aromatic carbocycles. The number of aryl methyl sites for hydroxylation is 1.